The number of nitrogens with one attached hydrogen (secondary N) is 1. The van der Waals surface area contributed by atoms with Crippen LogP contribution in [0.1, 0.15) is 26.7 Å². The Morgan fingerprint density at radius 1 is 1.42 bits per heavy atom. The van der Waals surface area contributed by atoms with Crippen LogP contribution in [-0.4, -0.2) is 25.7 Å². The molecule has 1 aliphatic rings. The fraction of sp³-hybridized carbons (Fsp3) is 0.600. The lowest BCUT2D eigenvalue weighted by Crippen LogP contribution is -2.42. The van der Waals surface area contributed by atoms with Crippen molar-refractivity contribution in [3.8, 4) is 0 Å². The molecule has 0 spiro atoms. The predicted octanol–water partition coefficient (Wildman–Crippen LogP) is 4.21. The molecule has 106 valence electrons. The van der Waals surface area contributed by atoms with Crippen molar-refractivity contribution in [2.24, 2.45) is 5.92 Å². The fourth-order valence-electron chi connectivity index (χ4n) is 2.56. The molecule has 19 heavy (non-hydrogen) atoms. The van der Waals surface area contributed by atoms with E-state index in [0.29, 0.717) is 12.0 Å². The molecule has 1 fully saturated rings. The first kappa shape index (κ1) is 15.0. The number of benzene rings is 1. The van der Waals surface area contributed by atoms with Crippen LogP contribution >= 0.6 is 23.2 Å². The Morgan fingerprint density at radius 2 is 2.21 bits per heavy atom. The van der Waals surface area contributed by atoms with E-state index >= 15 is 0 Å². The molecule has 4 heteroatoms. The van der Waals surface area contributed by atoms with E-state index in [1.807, 2.05) is 18.2 Å². The summed E-state index contributed by atoms with van der Waals surface area (Å²) in [5, 5.41) is 5.18. The predicted molar refractivity (Wildman–Crippen MR) is 84.5 cm³/mol. The van der Waals surface area contributed by atoms with Crippen molar-refractivity contribution < 1.29 is 0 Å². The van der Waals surface area contributed by atoms with E-state index in [1.165, 1.54) is 6.42 Å². The molecule has 2 unspecified atom stereocenters. The summed E-state index contributed by atoms with van der Waals surface area (Å²) >= 11 is 12.4. The minimum absolute atomic E-state index is 0.516. The van der Waals surface area contributed by atoms with Gasteiger partial charge in [-0.2, -0.15) is 0 Å². The fourth-order valence-corrected chi connectivity index (χ4v) is 2.97. The third-order valence-electron chi connectivity index (χ3n) is 4.01. The second-order valence-corrected chi connectivity index (χ2v) is 6.19. The van der Waals surface area contributed by atoms with E-state index in [4.69, 9.17) is 23.2 Å². The van der Waals surface area contributed by atoms with E-state index < -0.39 is 0 Å². The molecule has 0 amide bonds. The summed E-state index contributed by atoms with van der Waals surface area (Å²) in [6, 6.07) is 6.22. The molecule has 1 heterocycles. The maximum atomic E-state index is 6.32. The van der Waals surface area contributed by atoms with E-state index in [1.54, 1.807) is 0 Å². The van der Waals surface area contributed by atoms with Crippen LogP contribution in [0.2, 0.25) is 10.0 Å². The highest BCUT2D eigenvalue weighted by Crippen LogP contribution is 2.30. The highest BCUT2D eigenvalue weighted by molar-refractivity contribution is 6.35. The smallest absolute Gasteiger partial charge is 0.0640 e. The number of nitrogens with zero attached hydrogens (tertiary/aromatic N) is 1. The summed E-state index contributed by atoms with van der Waals surface area (Å²) in [6.45, 7) is 7.65. The molecule has 1 aliphatic heterocycles. The molecule has 0 saturated carbocycles. The molecule has 0 radical (unpaired) electrons. The van der Waals surface area contributed by atoms with E-state index in [2.05, 4.69) is 24.1 Å². The average Bonchev–Trinajstić information content (AvgIpc) is 2.66. The molecule has 2 atom stereocenters. The van der Waals surface area contributed by atoms with Gasteiger partial charge in [-0.3, -0.25) is 0 Å². The van der Waals surface area contributed by atoms with Crippen molar-refractivity contribution >= 4 is 28.9 Å². The van der Waals surface area contributed by atoms with Crippen molar-refractivity contribution in [2.75, 3.05) is 24.5 Å². The Kier molecular flexibility index (Phi) is 5.37. The molecule has 0 bridgehead atoms. The first-order chi connectivity index (χ1) is 9.11. The molecular formula is C15H22Cl2N2. The van der Waals surface area contributed by atoms with Gasteiger partial charge in [0.05, 0.1) is 10.7 Å². The van der Waals surface area contributed by atoms with Crippen LogP contribution in [0.5, 0.6) is 0 Å². The number of hydrogen-bond acceptors (Lipinski definition) is 2. The van der Waals surface area contributed by atoms with Crippen LogP contribution in [0, 0.1) is 5.92 Å². The van der Waals surface area contributed by atoms with Gasteiger partial charge in [0.2, 0.25) is 0 Å². The molecule has 1 saturated heterocycles. The number of hydrogen-bond donors (Lipinski definition) is 1. The zero-order chi connectivity index (χ0) is 13.8. The summed E-state index contributed by atoms with van der Waals surface area (Å²) in [5.74, 6) is 0.665. The number of halogens is 2. The van der Waals surface area contributed by atoms with Crippen LogP contribution in [-0.2, 0) is 0 Å². The van der Waals surface area contributed by atoms with Crippen LogP contribution in [0.3, 0.4) is 0 Å². The third kappa shape index (κ3) is 3.77. The van der Waals surface area contributed by atoms with Crippen molar-refractivity contribution in [3.63, 3.8) is 0 Å². The highest BCUT2D eigenvalue weighted by atomic mass is 35.5. The normalized spacial score (nSPS) is 22.1. The maximum Gasteiger partial charge on any atom is 0.0640 e. The van der Waals surface area contributed by atoms with E-state index in [0.717, 1.165) is 41.8 Å². The lowest BCUT2D eigenvalue weighted by molar-refractivity contribution is 0.384. The molecular weight excluding hydrogens is 279 g/mol. The summed E-state index contributed by atoms with van der Waals surface area (Å²) < 4.78 is 0. The molecule has 1 aromatic carbocycles. The number of rotatable bonds is 3. The third-order valence-corrected chi connectivity index (χ3v) is 4.56. The quantitative estimate of drug-likeness (QED) is 0.899. The lowest BCUT2D eigenvalue weighted by atomic mass is 9.99. The molecule has 1 aromatic rings. The Hall–Kier alpha value is -0.440. The van der Waals surface area contributed by atoms with Gasteiger partial charge in [0, 0.05) is 24.2 Å². The average molecular weight is 301 g/mol. The van der Waals surface area contributed by atoms with Gasteiger partial charge >= 0.3 is 0 Å². The Balaban J connectivity index is 2.20. The molecule has 0 aromatic heterocycles. The monoisotopic (exact) mass is 300 g/mol. The zero-order valence-corrected chi connectivity index (χ0v) is 13.1. The van der Waals surface area contributed by atoms with Gasteiger partial charge in [-0.05, 0) is 37.1 Å². The summed E-state index contributed by atoms with van der Waals surface area (Å²) in [5.41, 5.74) is 1.06. The maximum absolute atomic E-state index is 6.32. The lowest BCUT2D eigenvalue weighted by Gasteiger charge is -2.30. The first-order valence-electron chi connectivity index (χ1n) is 7.05. The molecule has 2 nitrogen and oxygen atoms in total. The van der Waals surface area contributed by atoms with Gasteiger partial charge < -0.3 is 10.2 Å². The van der Waals surface area contributed by atoms with Gasteiger partial charge in [0.25, 0.3) is 0 Å². The SMILES string of the molecule is CCC(C)C1CN(c2cc(Cl)ccc2Cl)CCCN1. The van der Waals surface area contributed by atoms with E-state index in [-0.39, 0.29) is 0 Å². The van der Waals surface area contributed by atoms with Gasteiger partial charge in [-0.1, -0.05) is 43.5 Å². The Labute approximate surface area is 126 Å². The van der Waals surface area contributed by atoms with E-state index in [9.17, 15) is 0 Å². The van der Waals surface area contributed by atoms with Crippen LogP contribution in [0.25, 0.3) is 0 Å². The van der Waals surface area contributed by atoms with Crippen molar-refractivity contribution in [1.29, 1.82) is 0 Å². The summed E-state index contributed by atoms with van der Waals surface area (Å²) in [7, 11) is 0. The minimum Gasteiger partial charge on any atom is -0.369 e. The minimum atomic E-state index is 0.516. The topological polar surface area (TPSA) is 15.3 Å². The van der Waals surface area contributed by atoms with Crippen molar-refractivity contribution in [3.05, 3.63) is 28.2 Å². The standard InChI is InChI=1S/C15H22Cl2N2/c1-3-11(2)14-10-19(8-4-7-18-14)15-9-12(16)5-6-13(15)17/h5-6,9,11,14,18H,3-4,7-8,10H2,1-2H3. The number of anilines is 1. The van der Waals surface area contributed by atoms with Gasteiger partial charge in [0.1, 0.15) is 0 Å². The summed E-state index contributed by atoms with van der Waals surface area (Å²) in [6.07, 6.45) is 2.32. The van der Waals surface area contributed by atoms with Crippen molar-refractivity contribution in [1.82, 2.24) is 5.32 Å². The van der Waals surface area contributed by atoms with Crippen LogP contribution < -0.4 is 10.2 Å². The largest absolute Gasteiger partial charge is 0.369 e. The molecule has 2 rings (SSSR count). The van der Waals surface area contributed by atoms with Crippen molar-refractivity contribution in [2.45, 2.75) is 32.7 Å². The zero-order valence-electron chi connectivity index (χ0n) is 11.6. The van der Waals surface area contributed by atoms with Crippen LogP contribution in [0.15, 0.2) is 18.2 Å². The van der Waals surface area contributed by atoms with Crippen LogP contribution in [0.4, 0.5) is 5.69 Å². The Bertz CT molecular complexity index is 423. The Morgan fingerprint density at radius 3 is 2.95 bits per heavy atom. The highest BCUT2D eigenvalue weighted by Gasteiger charge is 2.23. The molecule has 1 N–H and O–H groups in total. The molecule has 0 aliphatic carbocycles. The van der Waals surface area contributed by atoms with Gasteiger partial charge in [-0.15, -0.1) is 0 Å². The second-order valence-electron chi connectivity index (χ2n) is 5.34. The van der Waals surface area contributed by atoms with Gasteiger partial charge in [0.15, 0.2) is 0 Å². The second kappa shape index (κ2) is 6.83. The van der Waals surface area contributed by atoms with Gasteiger partial charge in [-0.25, -0.2) is 0 Å². The summed E-state index contributed by atoms with van der Waals surface area (Å²) in [4.78, 5) is 2.37. The first-order valence-corrected chi connectivity index (χ1v) is 7.80.